The van der Waals surface area contributed by atoms with Gasteiger partial charge in [0.25, 0.3) is 0 Å². The summed E-state index contributed by atoms with van der Waals surface area (Å²) in [6, 6.07) is 7.39. The van der Waals surface area contributed by atoms with Crippen LogP contribution in [0, 0.1) is 19.8 Å². The largest absolute Gasteiger partial charge is 0.392 e. The minimum Gasteiger partial charge on any atom is -0.392 e. The van der Waals surface area contributed by atoms with Gasteiger partial charge in [0.1, 0.15) is 11.6 Å². The minimum atomic E-state index is -0.737. The number of nitrogens with zero attached hydrogens (tertiary/aromatic N) is 4. The third-order valence-corrected chi connectivity index (χ3v) is 8.12. The third kappa shape index (κ3) is 5.46. The molecular weight excluding hydrogens is 466 g/mol. The lowest BCUT2D eigenvalue weighted by atomic mass is 9.80. The molecule has 2 saturated heterocycles. The van der Waals surface area contributed by atoms with Crippen LogP contribution in [-0.4, -0.2) is 67.7 Å². The molecule has 2 aromatic rings. The summed E-state index contributed by atoms with van der Waals surface area (Å²) in [7, 11) is 0. The van der Waals surface area contributed by atoms with Gasteiger partial charge in [-0.3, -0.25) is 14.5 Å². The van der Waals surface area contributed by atoms with Gasteiger partial charge >= 0.3 is 0 Å². The number of amides is 2. The highest BCUT2D eigenvalue weighted by molar-refractivity contribution is 6.00. The fourth-order valence-corrected chi connectivity index (χ4v) is 5.85. The zero-order valence-corrected chi connectivity index (χ0v) is 23.1. The van der Waals surface area contributed by atoms with Crippen molar-refractivity contribution < 1.29 is 14.7 Å². The van der Waals surface area contributed by atoms with Crippen molar-refractivity contribution >= 4 is 11.8 Å². The maximum Gasteiger partial charge on any atom is 0.246 e. The van der Waals surface area contributed by atoms with Gasteiger partial charge in [0.2, 0.25) is 11.8 Å². The van der Waals surface area contributed by atoms with Crippen LogP contribution in [-0.2, 0) is 22.7 Å². The van der Waals surface area contributed by atoms with Gasteiger partial charge in [0.05, 0.1) is 18.0 Å². The molecule has 1 aromatic carbocycles. The van der Waals surface area contributed by atoms with Crippen molar-refractivity contribution in [3.05, 3.63) is 46.8 Å². The highest BCUT2D eigenvalue weighted by atomic mass is 16.3. The molecule has 1 aromatic heterocycles. The summed E-state index contributed by atoms with van der Waals surface area (Å²) in [6.45, 7) is 13.4. The van der Waals surface area contributed by atoms with Crippen LogP contribution in [0.2, 0.25) is 0 Å². The summed E-state index contributed by atoms with van der Waals surface area (Å²) >= 11 is 0. The molecule has 37 heavy (non-hydrogen) atoms. The Morgan fingerprint density at radius 3 is 2.41 bits per heavy atom. The number of unbranched alkanes of at least 4 members (excludes halogenated alkanes) is 1. The number of likely N-dealkylation sites (tertiary alicyclic amines) is 1. The lowest BCUT2D eigenvalue weighted by Gasteiger charge is -2.52. The van der Waals surface area contributed by atoms with Crippen molar-refractivity contribution in [3.63, 3.8) is 0 Å². The van der Waals surface area contributed by atoms with E-state index in [0.29, 0.717) is 31.7 Å². The third-order valence-electron chi connectivity index (χ3n) is 8.12. The first-order valence-electron chi connectivity index (χ1n) is 13.8. The van der Waals surface area contributed by atoms with Crippen LogP contribution in [0.15, 0.2) is 24.3 Å². The monoisotopic (exact) mass is 509 g/mol. The first-order valence-corrected chi connectivity index (χ1v) is 13.8. The SMILES string of the molecule is CCCCN1C(=O)[C@H](CC(C)C)NC(=O)C12CCN(Cc1c(C)nn(-c3ccc(CO)cc3)c1C)CC2. The molecule has 8 nitrogen and oxygen atoms in total. The molecule has 8 heteroatoms. The minimum absolute atomic E-state index is 0.0248. The maximum absolute atomic E-state index is 13.5. The number of carbonyl (C=O) groups excluding carboxylic acids is 2. The molecule has 2 aliphatic rings. The number of piperazine rings is 1. The van der Waals surface area contributed by atoms with E-state index in [9.17, 15) is 14.7 Å². The number of aliphatic hydroxyl groups is 1. The summed E-state index contributed by atoms with van der Waals surface area (Å²) in [5.41, 5.74) is 4.41. The second kappa shape index (κ2) is 11.4. The fourth-order valence-electron chi connectivity index (χ4n) is 5.85. The van der Waals surface area contributed by atoms with E-state index in [1.54, 1.807) is 0 Å². The van der Waals surface area contributed by atoms with Gasteiger partial charge in [-0.1, -0.05) is 39.3 Å². The first kappa shape index (κ1) is 27.3. The Hall–Kier alpha value is -2.71. The molecule has 0 saturated carbocycles. The van der Waals surface area contributed by atoms with Crippen LogP contribution in [0.25, 0.3) is 5.69 Å². The number of carbonyl (C=O) groups is 2. The lowest BCUT2D eigenvalue weighted by molar-refractivity contribution is -0.161. The topological polar surface area (TPSA) is 90.7 Å². The average molecular weight is 510 g/mol. The standard InChI is InChI=1S/C29H43N5O3/c1-6-7-14-33-27(36)26(17-20(2)3)30-28(37)29(33)12-15-32(16-13-29)18-25-21(4)31-34(22(25)5)24-10-8-23(19-35)9-11-24/h8-11,20,26,35H,6-7,12-19H2,1-5H3,(H,30,37)/t26-/m0/s1. The van der Waals surface area contributed by atoms with Crippen LogP contribution in [0.5, 0.6) is 0 Å². The van der Waals surface area contributed by atoms with Crippen LogP contribution in [0.4, 0.5) is 0 Å². The lowest BCUT2D eigenvalue weighted by Crippen LogP contribution is -2.73. The zero-order valence-electron chi connectivity index (χ0n) is 23.1. The summed E-state index contributed by atoms with van der Waals surface area (Å²) in [5, 5.41) is 17.2. The Bertz CT molecular complexity index is 1100. The molecule has 4 rings (SSSR count). The summed E-state index contributed by atoms with van der Waals surface area (Å²) in [6.07, 6.45) is 3.89. The number of aromatic nitrogens is 2. The predicted molar refractivity (Wildman–Crippen MR) is 144 cm³/mol. The van der Waals surface area contributed by atoms with E-state index in [1.807, 2.05) is 40.8 Å². The van der Waals surface area contributed by atoms with Crippen molar-refractivity contribution in [1.82, 2.24) is 24.9 Å². The van der Waals surface area contributed by atoms with E-state index >= 15 is 0 Å². The molecule has 2 amide bonds. The smallest absolute Gasteiger partial charge is 0.246 e. The number of aryl methyl sites for hydroxylation is 1. The zero-order chi connectivity index (χ0) is 26.7. The summed E-state index contributed by atoms with van der Waals surface area (Å²) < 4.78 is 1.96. The fraction of sp³-hybridized carbons (Fsp3) is 0.621. The normalized spacial score (nSPS) is 20.2. The molecule has 0 bridgehead atoms. The Morgan fingerprint density at radius 2 is 1.81 bits per heavy atom. The van der Waals surface area contributed by atoms with E-state index in [0.717, 1.165) is 55.1 Å². The van der Waals surface area contributed by atoms with Gasteiger partial charge in [-0.2, -0.15) is 5.10 Å². The second-order valence-electron chi connectivity index (χ2n) is 11.2. The van der Waals surface area contributed by atoms with Crippen molar-refractivity contribution in [3.8, 4) is 5.69 Å². The predicted octanol–water partition coefficient (Wildman–Crippen LogP) is 3.49. The van der Waals surface area contributed by atoms with Gasteiger partial charge in [-0.25, -0.2) is 4.68 Å². The number of rotatable bonds is 9. The van der Waals surface area contributed by atoms with E-state index in [1.165, 1.54) is 5.56 Å². The molecule has 3 heterocycles. The van der Waals surface area contributed by atoms with Gasteiger partial charge in [0, 0.05) is 37.4 Å². The Balaban J connectivity index is 1.49. The van der Waals surface area contributed by atoms with Crippen molar-refractivity contribution in [2.75, 3.05) is 19.6 Å². The molecule has 2 fully saturated rings. The molecule has 2 aliphatic heterocycles. The number of benzene rings is 1. The molecular formula is C29H43N5O3. The van der Waals surface area contributed by atoms with Gasteiger partial charge in [0.15, 0.2) is 0 Å². The number of hydrogen-bond donors (Lipinski definition) is 2. The quantitative estimate of drug-likeness (QED) is 0.540. The van der Waals surface area contributed by atoms with Crippen molar-refractivity contribution in [1.29, 1.82) is 0 Å². The van der Waals surface area contributed by atoms with E-state index < -0.39 is 11.6 Å². The Kier molecular flexibility index (Phi) is 8.39. The number of aliphatic hydroxyl groups excluding tert-OH is 1. The van der Waals surface area contributed by atoms with Crippen LogP contribution in [0.3, 0.4) is 0 Å². The Labute approximate surface area is 221 Å². The Morgan fingerprint density at radius 1 is 1.14 bits per heavy atom. The van der Waals surface area contributed by atoms with E-state index in [4.69, 9.17) is 5.10 Å². The number of piperidine rings is 1. The van der Waals surface area contributed by atoms with Crippen LogP contribution in [0.1, 0.15) is 75.4 Å². The summed E-state index contributed by atoms with van der Waals surface area (Å²) in [4.78, 5) is 31.3. The van der Waals surface area contributed by atoms with Gasteiger partial charge in [-0.05, 0) is 63.1 Å². The first-order chi connectivity index (χ1) is 17.7. The summed E-state index contributed by atoms with van der Waals surface area (Å²) in [5.74, 6) is 0.466. The second-order valence-corrected chi connectivity index (χ2v) is 11.2. The van der Waals surface area contributed by atoms with Crippen molar-refractivity contribution in [2.24, 2.45) is 5.92 Å². The van der Waals surface area contributed by atoms with Crippen LogP contribution >= 0.6 is 0 Å². The molecule has 2 N–H and O–H groups in total. The van der Waals surface area contributed by atoms with Gasteiger partial charge in [-0.15, -0.1) is 0 Å². The highest BCUT2D eigenvalue weighted by Gasteiger charge is 2.53. The van der Waals surface area contributed by atoms with Gasteiger partial charge < -0.3 is 15.3 Å². The molecule has 0 aliphatic carbocycles. The maximum atomic E-state index is 13.5. The molecule has 0 radical (unpaired) electrons. The molecule has 1 spiro atoms. The molecule has 1 atom stereocenters. The van der Waals surface area contributed by atoms with Crippen molar-refractivity contribution in [2.45, 2.75) is 91.5 Å². The van der Waals surface area contributed by atoms with Crippen LogP contribution < -0.4 is 5.32 Å². The number of hydrogen-bond acceptors (Lipinski definition) is 5. The molecule has 0 unspecified atom stereocenters. The molecule has 202 valence electrons. The van der Waals surface area contributed by atoms with E-state index in [2.05, 4.69) is 37.9 Å². The highest BCUT2D eigenvalue weighted by Crippen LogP contribution is 2.35. The number of nitrogens with one attached hydrogen (secondary N) is 1. The average Bonchev–Trinajstić information content (AvgIpc) is 3.16. The van der Waals surface area contributed by atoms with E-state index in [-0.39, 0.29) is 18.4 Å².